The molecule has 9 heteroatoms. The third-order valence-electron chi connectivity index (χ3n) is 4.74. The monoisotopic (exact) mass is 431 g/mol. The molecule has 0 fully saturated rings. The fourth-order valence-electron chi connectivity index (χ4n) is 3.27. The van der Waals surface area contributed by atoms with E-state index in [0.29, 0.717) is 22.6 Å². The third-order valence-corrected chi connectivity index (χ3v) is 6.64. The van der Waals surface area contributed by atoms with E-state index in [1.165, 1.54) is 43.9 Å². The topological polar surface area (TPSA) is 99.2 Å². The Hall–Kier alpha value is -3.33. The Morgan fingerprint density at radius 3 is 2.33 bits per heavy atom. The van der Waals surface area contributed by atoms with Crippen molar-refractivity contribution in [2.45, 2.75) is 17.4 Å². The van der Waals surface area contributed by atoms with Crippen LogP contribution in [0.3, 0.4) is 0 Å². The Bertz CT molecular complexity index is 1090. The Balaban J connectivity index is 2.10. The molecule has 0 aliphatic carbocycles. The van der Waals surface area contributed by atoms with Crippen LogP contribution in [0, 0.1) is 0 Å². The van der Waals surface area contributed by atoms with Crippen LogP contribution in [0.4, 0.5) is 5.69 Å². The minimum absolute atomic E-state index is 0.0687. The van der Waals surface area contributed by atoms with E-state index in [2.05, 4.69) is 4.74 Å². The van der Waals surface area contributed by atoms with Gasteiger partial charge in [0, 0.05) is 6.08 Å². The molecule has 1 aliphatic heterocycles. The molecule has 0 amide bonds. The van der Waals surface area contributed by atoms with Crippen LogP contribution in [-0.2, 0) is 29.1 Å². The van der Waals surface area contributed by atoms with E-state index in [-0.39, 0.29) is 11.3 Å². The van der Waals surface area contributed by atoms with E-state index in [1.807, 2.05) is 0 Å². The highest BCUT2D eigenvalue weighted by molar-refractivity contribution is 7.93. The van der Waals surface area contributed by atoms with Crippen molar-refractivity contribution in [3.8, 4) is 5.75 Å². The highest BCUT2D eigenvalue weighted by atomic mass is 32.2. The minimum Gasteiger partial charge on any atom is -0.497 e. The number of carbonyl (C=O) groups is 2. The van der Waals surface area contributed by atoms with Gasteiger partial charge >= 0.3 is 11.9 Å². The van der Waals surface area contributed by atoms with Gasteiger partial charge in [-0.3, -0.25) is 9.10 Å². The summed E-state index contributed by atoms with van der Waals surface area (Å²) >= 11 is 0. The number of benzene rings is 2. The smallest absolute Gasteiger partial charge is 0.330 e. The molecule has 8 nitrogen and oxygen atoms in total. The minimum atomic E-state index is -3.95. The molecule has 30 heavy (non-hydrogen) atoms. The summed E-state index contributed by atoms with van der Waals surface area (Å²) in [5, 5.41) is 0. The van der Waals surface area contributed by atoms with Gasteiger partial charge in [-0.2, -0.15) is 0 Å². The number of methoxy groups -OCH3 is 3. The lowest BCUT2D eigenvalue weighted by Crippen LogP contribution is -2.29. The van der Waals surface area contributed by atoms with E-state index in [0.717, 1.165) is 0 Å². The van der Waals surface area contributed by atoms with Gasteiger partial charge in [0.15, 0.2) is 0 Å². The van der Waals surface area contributed by atoms with Crippen LogP contribution in [0.2, 0.25) is 0 Å². The largest absolute Gasteiger partial charge is 0.497 e. The van der Waals surface area contributed by atoms with Crippen molar-refractivity contribution in [2.75, 3.05) is 25.6 Å². The lowest BCUT2D eigenvalue weighted by atomic mass is 10.0. The van der Waals surface area contributed by atoms with E-state index < -0.39 is 28.0 Å². The summed E-state index contributed by atoms with van der Waals surface area (Å²) in [4.78, 5) is 23.4. The lowest BCUT2D eigenvalue weighted by molar-refractivity contribution is -0.141. The second-order valence-electron chi connectivity index (χ2n) is 6.45. The number of anilines is 1. The van der Waals surface area contributed by atoms with Crippen LogP contribution >= 0.6 is 0 Å². The summed E-state index contributed by atoms with van der Waals surface area (Å²) in [6.45, 7) is 0. The van der Waals surface area contributed by atoms with Crippen LogP contribution in [0.1, 0.15) is 23.6 Å². The average Bonchev–Trinajstić information content (AvgIpc) is 2.97. The molecule has 1 unspecified atom stereocenters. The first-order chi connectivity index (χ1) is 14.3. The standard InChI is InChI=1S/C21H21NO7S/c1-27-16-8-6-15(7-9-16)22-18(13-21(24)29-3)17-10-4-14(5-11-20(23)28-2)12-19(17)30(22,25)26/h4-12,18H,13H2,1-3H3/b11-5+. The summed E-state index contributed by atoms with van der Waals surface area (Å²) < 4.78 is 42.5. The second-order valence-corrected chi connectivity index (χ2v) is 8.23. The zero-order valence-electron chi connectivity index (χ0n) is 16.7. The van der Waals surface area contributed by atoms with E-state index in [9.17, 15) is 18.0 Å². The molecule has 1 atom stereocenters. The summed E-state index contributed by atoms with van der Waals surface area (Å²) in [5.41, 5.74) is 1.38. The molecule has 2 aromatic carbocycles. The SMILES string of the molecule is COC(=O)/C=C/c1ccc2c(c1)S(=O)(=O)N(c1ccc(OC)cc1)C2CC(=O)OC. The van der Waals surface area contributed by atoms with Gasteiger partial charge < -0.3 is 14.2 Å². The number of carbonyl (C=O) groups excluding carboxylic acids is 2. The van der Waals surface area contributed by atoms with Crippen LogP contribution < -0.4 is 9.04 Å². The van der Waals surface area contributed by atoms with E-state index >= 15 is 0 Å². The van der Waals surface area contributed by atoms with Gasteiger partial charge in [-0.15, -0.1) is 0 Å². The van der Waals surface area contributed by atoms with Crippen LogP contribution in [0.25, 0.3) is 6.08 Å². The molecule has 0 saturated carbocycles. The molecular weight excluding hydrogens is 410 g/mol. The van der Waals surface area contributed by atoms with Crippen molar-refractivity contribution in [3.63, 3.8) is 0 Å². The fraction of sp³-hybridized carbons (Fsp3) is 0.238. The highest BCUT2D eigenvalue weighted by Gasteiger charge is 2.44. The normalized spacial score (nSPS) is 16.9. The van der Waals surface area contributed by atoms with Gasteiger partial charge in [0.05, 0.1) is 44.4 Å². The molecule has 3 rings (SSSR count). The average molecular weight is 431 g/mol. The van der Waals surface area contributed by atoms with Crippen molar-refractivity contribution in [1.82, 2.24) is 0 Å². The quantitative estimate of drug-likeness (QED) is 0.512. The maximum atomic E-state index is 13.4. The number of sulfonamides is 1. The molecule has 0 saturated heterocycles. The highest BCUT2D eigenvalue weighted by Crippen LogP contribution is 2.45. The number of rotatable bonds is 6. The number of ether oxygens (including phenoxy) is 3. The van der Waals surface area contributed by atoms with Crippen LogP contribution in [0.15, 0.2) is 53.4 Å². The summed E-state index contributed by atoms with van der Waals surface area (Å²) in [6.07, 6.45) is 2.52. The lowest BCUT2D eigenvalue weighted by Gasteiger charge is -2.25. The number of hydrogen-bond acceptors (Lipinski definition) is 7. The number of fused-ring (bicyclic) bond motifs is 1. The predicted octanol–water partition coefficient (Wildman–Crippen LogP) is 2.69. The maximum absolute atomic E-state index is 13.4. The first-order valence-electron chi connectivity index (χ1n) is 8.97. The zero-order valence-corrected chi connectivity index (χ0v) is 17.5. The predicted molar refractivity (Wildman–Crippen MR) is 110 cm³/mol. The Kier molecular flexibility index (Phi) is 6.12. The Morgan fingerprint density at radius 2 is 1.73 bits per heavy atom. The zero-order chi connectivity index (χ0) is 21.9. The first kappa shape index (κ1) is 21.4. The molecule has 0 N–H and O–H groups in total. The molecule has 0 aromatic heterocycles. The number of nitrogens with zero attached hydrogens (tertiary/aromatic N) is 1. The van der Waals surface area contributed by atoms with Crippen molar-refractivity contribution in [1.29, 1.82) is 0 Å². The van der Waals surface area contributed by atoms with Gasteiger partial charge in [0.1, 0.15) is 5.75 Å². The maximum Gasteiger partial charge on any atom is 0.330 e. The van der Waals surface area contributed by atoms with Crippen LogP contribution in [-0.4, -0.2) is 41.7 Å². The van der Waals surface area contributed by atoms with Gasteiger partial charge in [-0.25, -0.2) is 13.2 Å². The van der Waals surface area contributed by atoms with E-state index in [4.69, 9.17) is 9.47 Å². The molecule has 158 valence electrons. The van der Waals surface area contributed by atoms with Crippen molar-refractivity contribution in [2.24, 2.45) is 0 Å². The summed E-state index contributed by atoms with van der Waals surface area (Å²) in [5.74, 6) is -0.509. The van der Waals surface area contributed by atoms with Crippen molar-refractivity contribution < 1.29 is 32.2 Å². The van der Waals surface area contributed by atoms with Crippen molar-refractivity contribution >= 4 is 33.7 Å². The van der Waals surface area contributed by atoms with Crippen LogP contribution in [0.5, 0.6) is 5.75 Å². The second kappa shape index (κ2) is 8.58. The molecule has 1 aliphatic rings. The summed E-state index contributed by atoms with van der Waals surface area (Å²) in [7, 11) is 0.0698. The molecule has 0 radical (unpaired) electrons. The first-order valence-corrected chi connectivity index (χ1v) is 10.4. The van der Waals surface area contributed by atoms with Gasteiger partial charge in [-0.05, 0) is 47.5 Å². The molecular formula is C21H21NO7S. The molecule has 2 aromatic rings. The molecule has 1 heterocycles. The van der Waals surface area contributed by atoms with Gasteiger partial charge in [0.2, 0.25) is 0 Å². The number of hydrogen-bond donors (Lipinski definition) is 0. The summed E-state index contributed by atoms with van der Waals surface area (Å²) in [6, 6.07) is 10.6. The van der Waals surface area contributed by atoms with Crippen molar-refractivity contribution in [3.05, 3.63) is 59.7 Å². The molecule has 0 spiro atoms. The fourth-order valence-corrected chi connectivity index (χ4v) is 5.19. The van der Waals surface area contributed by atoms with E-state index in [1.54, 1.807) is 36.4 Å². The van der Waals surface area contributed by atoms with Gasteiger partial charge in [-0.1, -0.05) is 12.1 Å². The Morgan fingerprint density at radius 1 is 1.03 bits per heavy atom. The molecule has 0 bridgehead atoms. The number of esters is 2. The van der Waals surface area contributed by atoms with Gasteiger partial charge in [0.25, 0.3) is 10.0 Å². The Labute approximate surface area is 174 Å². The third kappa shape index (κ3) is 4.02.